The van der Waals surface area contributed by atoms with E-state index >= 15 is 0 Å². The molecule has 2 N–H and O–H groups in total. The Hall–Kier alpha value is -0.770. The first-order valence-electron chi connectivity index (χ1n) is 8.38. The molecule has 0 heterocycles. The molecule has 0 bridgehead atoms. The molecule has 0 atom stereocenters. The fourth-order valence-corrected chi connectivity index (χ4v) is 2.00. The second kappa shape index (κ2) is 13.2. The number of guanidine groups is 1. The molecule has 0 unspecified atom stereocenters. The third kappa shape index (κ3) is 11.1. The fourth-order valence-electron chi connectivity index (χ4n) is 2.00. The predicted molar refractivity (Wildman–Crippen MR) is 90.5 cm³/mol. The maximum Gasteiger partial charge on any atom is 0.191 e. The van der Waals surface area contributed by atoms with Crippen LogP contribution in [0.2, 0.25) is 0 Å². The summed E-state index contributed by atoms with van der Waals surface area (Å²) >= 11 is 0. The maximum atomic E-state index is 4.63. The average Bonchev–Trinajstić information content (AvgIpc) is 2.42. The Morgan fingerprint density at radius 2 is 1.75 bits per heavy atom. The van der Waals surface area contributed by atoms with Gasteiger partial charge >= 0.3 is 0 Å². The zero-order valence-corrected chi connectivity index (χ0v) is 14.3. The van der Waals surface area contributed by atoms with Crippen molar-refractivity contribution in [3.8, 4) is 0 Å². The molecule has 0 spiro atoms. The van der Waals surface area contributed by atoms with Crippen molar-refractivity contribution in [1.29, 1.82) is 0 Å². The van der Waals surface area contributed by atoms with Crippen LogP contribution < -0.4 is 10.6 Å². The summed E-state index contributed by atoms with van der Waals surface area (Å²) in [6.45, 7) is 17.4. The predicted octanol–water partition coefficient (Wildman–Crippen LogP) is 2.71. The molecule has 0 saturated heterocycles. The number of hydrogen-bond donors (Lipinski definition) is 2. The number of nitrogens with zero attached hydrogens (tertiary/aromatic N) is 2. The van der Waals surface area contributed by atoms with Crippen molar-refractivity contribution < 1.29 is 0 Å². The minimum absolute atomic E-state index is 0.736. The highest BCUT2D eigenvalue weighted by Gasteiger charge is 2.00. The zero-order valence-electron chi connectivity index (χ0n) is 14.3. The lowest BCUT2D eigenvalue weighted by molar-refractivity contribution is 0.297. The summed E-state index contributed by atoms with van der Waals surface area (Å²) < 4.78 is 0. The van der Waals surface area contributed by atoms with Gasteiger partial charge in [-0.05, 0) is 51.7 Å². The van der Waals surface area contributed by atoms with Gasteiger partial charge in [0.25, 0.3) is 0 Å². The van der Waals surface area contributed by atoms with Gasteiger partial charge in [-0.25, -0.2) is 0 Å². The average molecular weight is 284 g/mol. The van der Waals surface area contributed by atoms with Crippen LogP contribution in [-0.2, 0) is 0 Å². The highest BCUT2D eigenvalue weighted by atomic mass is 15.2. The Morgan fingerprint density at radius 3 is 2.30 bits per heavy atom. The van der Waals surface area contributed by atoms with Gasteiger partial charge in [0.05, 0.1) is 0 Å². The summed E-state index contributed by atoms with van der Waals surface area (Å²) in [6.07, 6.45) is 3.58. The molecule has 0 rings (SSSR count). The van der Waals surface area contributed by atoms with Crippen molar-refractivity contribution in [2.45, 2.75) is 53.9 Å². The van der Waals surface area contributed by atoms with Gasteiger partial charge in [-0.15, -0.1) is 0 Å². The van der Waals surface area contributed by atoms with Crippen LogP contribution >= 0.6 is 0 Å². The van der Waals surface area contributed by atoms with Crippen LogP contribution in [0.5, 0.6) is 0 Å². The second-order valence-electron chi connectivity index (χ2n) is 5.60. The number of aliphatic imine (C=N–C) groups is 1. The minimum atomic E-state index is 0.736. The van der Waals surface area contributed by atoms with Crippen LogP contribution in [0.15, 0.2) is 4.99 Å². The Labute approximate surface area is 126 Å². The summed E-state index contributed by atoms with van der Waals surface area (Å²) in [5.74, 6) is 1.70. The first-order valence-corrected chi connectivity index (χ1v) is 8.38. The van der Waals surface area contributed by atoms with Gasteiger partial charge in [-0.1, -0.05) is 27.7 Å². The Balaban J connectivity index is 3.84. The topological polar surface area (TPSA) is 39.7 Å². The summed E-state index contributed by atoms with van der Waals surface area (Å²) in [4.78, 5) is 7.10. The molecule has 120 valence electrons. The van der Waals surface area contributed by atoms with Gasteiger partial charge in [0.1, 0.15) is 0 Å². The summed E-state index contributed by atoms with van der Waals surface area (Å²) in [5.41, 5.74) is 0. The van der Waals surface area contributed by atoms with Crippen LogP contribution in [0.1, 0.15) is 53.9 Å². The molecule has 0 aliphatic heterocycles. The van der Waals surface area contributed by atoms with E-state index < -0.39 is 0 Å². The summed E-state index contributed by atoms with van der Waals surface area (Å²) in [5, 5.41) is 6.71. The molecular weight excluding hydrogens is 248 g/mol. The van der Waals surface area contributed by atoms with Gasteiger partial charge in [0.2, 0.25) is 0 Å². The van der Waals surface area contributed by atoms with E-state index in [1.165, 1.54) is 19.4 Å². The molecule has 0 fully saturated rings. The highest BCUT2D eigenvalue weighted by Crippen LogP contribution is 1.97. The van der Waals surface area contributed by atoms with Crippen molar-refractivity contribution in [3.05, 3.63) is 0 Å². The molecule has 0 aliphatic rings. The van der Waals surface area contributed by atoms with Crippen molar-refractivity contribution >= 4 is 5.96 Å². The summed E-state index contributed by atoms with van der Waals surface area (Å²) in [6, 6.07) is 0. The lowest BCUT2D eigenvalue weighted by Gasteiger charge is -2.17. The normalized spacial score (nSPS) is 12.2. The smallest absolute Gasteiger partial charge is 0.191 e. The van der Waals surface area contributed by atoms with E-state index in [0.717, 1.165) is 51.0 Å². The first-order chi connectivity index (χ1) is 9.63. The molecule has 20 heavy (non-hydrogen) atoms. The van der Waals surface area contributed by atoms with E-state index in [-0.39, 0.29) is 0 Å². The van der Waals surface area contributed by atoms with E-state index in [2.05, 4.69) is 55.1 Å². The summed E-state index contributed by atoms with van der Waals surface area (Å²) in [7, 11) is 0. The second-order valence-corrected chi connectivity index (χ2v) is 5.60. The molecule has 0 saturated carbocycles. The monoisotopic (exact) mass is 284 g/mol. The first kappa shape index (κ1) is 19.2. The van der Waals surface area contributed by atoms with E-state index in [0.29, 0.717) is 0 Å². The van der Waals surface area contributed by atoms with Gasteiger partial charge in [0.15, 0.2) is 5.96 Å². The fraction of sp³-hybridized carbons (Fsp3) is 0.938. The van der Waals surface area contributed by atoms with Gasteiger partial charge < -0.3 is 15.5 Å². The molecule has 0 aromatic heterocycles. The number of hydrogen-bond acceptors (Lipinski definition) is 2. The van der Waals surface area contributed by atoms with Gasteiger partial charge in [-0.3, -0.25) is 4.99 Å². The SMILES string of the molecule is CCNC(=NCCCCN(CC)CC)NCCC(C)C. The molecule has 4 heteroatoms. The van der Waals surface area contributed by atoms with Crippen molar-refractivity contribution in [2.24, 2.45) is 10.9 Å². The molecule has 0 aromatic rings. The molecule has 0 amide bonds. The van der Waals surface area contributed by atoms with Crippen molar-refractivity contribution in [3.63, 3.8) is 0 Å². The van der Waals surface area contributed by atoms with Crippen LogP contribution in [0.3, 0.4) is 0 Å². The standard InChI is InChI=1S/C16H36N4/c1-6-17-16(19-13-11-15(4)5)18-12-9-10-14-20(7-2)8-3/h15H,6-14H2,1-5H3,(H2,17,18,19). The van der Waals surface area contributed by atoms with Crippen LogP contribution in [-0.4, -0.2) is 50.1 Å². The Morgan fingerprint density at radius 1 is 1.05 bits per heavy atom. The number of unbranched alkanes of at least 4 members (excludes halogenated alkanes) is 1. The third-order valence-electron chi connectivity index (χ3n) is 3.41. The minimum Gasteiger partial charge on any atom is -0.357 e. The molecule has 0 aliphatic carbocycles. The van der Waals surface area contributed by atoms with Gasteiger partial charge in [0, 0.05) is 19.6 Å². The lowest BCUT2D eigenvalue weighted by atomic mass is 10.1. The van der Waals surface area contributed by atoms with Crippen molar-refractivity contribution in [2.75, 3.05) is 39.3 Å². The Bertz CT molecular complexity index is 235. The van der Waals surface area contributed by atoms with E-state index in [1.807, 2.05) is 0 Å². The van der Waals surface area contributed by atoms with Crippen LogP contribution in [0.4, 0.5) is 0 Å². The molecule has 4 nitrogen and oxygen atoms in total. The maximum absolute atomic E-state index is 4.63. The molecule has 0 aromatic carbocycles. The van der Waals surface area contributed by atoms with E-state index in [4.69, 9.17) is 0 Å². The van der Waals surface area contributed by atoms with E-state index in [9.17, 15) is 0 Å². The largest absolute Gasteiger partial charge is 0.357 e. The molecular formula is C16H36N4. The van der Waals surface area contributed by atoms with E-state index in [1.54, 1.807) is 0 Å². The number of nitrogens with one attached hydrogen (secondary N) is 2. The Kier molecular flexibility index (Phi) is 12.7. The lowest BCUT2D eigenvalue weighted by Crippen LogP contribution is -2.38. The van der Waals surface area contributed by atoms with Crippen LogP contribution in [0.25, 0.3) is 0 Å². The van der Waals surface area contributed by atoms with Crippen molar-refractivity contribution in [1.82, 2.24) is 15.5 Å². The molecule has 0 radical (unpaired) electrons. The zero-order chi connectivity index (χ0) is 15.2. The van der Waals surface area contributed by atoms with Gasteiger partial charge in [-0.2, -0.15) is 0 Å². The third-order valence-corrected chi connectivity index (χ3v) is 3.41. The van der Waals surface area contributed by atoms with Crippen LogP contribution in [0, 0.1) is 5.92 Å². The highest BCUT2D eigenvalue weighted by molar-refractivity contribution is 5.79. The quantitative estimate of drug-likeness (QED) is 0.348. The number of rotatable bonds is 11.